The molecule has 0 aromatic heterocycles. The van der Waals surface area contributed by atoms with Gasteiger partial charge in [-0.2, -0.15) is 0 Å². The van der Waals surface area contributed by atoms with Gasteiger partial charge in [-0.15, -0.1) is 0 Å². The first-order valence-corrected chi connectivity index (χ1v) is 8.58. The Morgan fingerprint density at radius 3 is 2.38 bits per heavy atom. The molecule has 0 amide bonds. The number of nitrogens with one attached hydrogen (secondary N) is 2. The number of ether oxygens (including phenoxy) is 1. The minimum atomic E-state index is -0.509. The van der Waals surface area contributed by atoms with Gasteiger partial charge < -0.3 is 20.5 Å². The normalized spacial score (nSPS) is 13.4. The van der Waals surface area contributed by atoms with E-state index in [1.54, 1.807) is 0 Å². The Hall–Kier alpha value is -1.88. The van der Waals surface area contributed by atoms with Gasteiger partial charge in [-0.25, -0.2) is 0 Å². The van der Waals surface area contributed by atoms with Gasteiger partial charge in [-0.1, -0.05) is 48.5 Å². The average molecular weight is 328 g/mol. The van der Waals surface area contributed by atoms with E-state index in [0.717, 1.165) is 25.3 Å². The van der Waals surface area contributed by atoms with Gasteiger partial charge >= 0.3 is 0 Å². The van der Waals surface area contributed by atoms with Gasteiger partial charge in [0.05, 0.1) is 0 Å². The molecule has 2 aromatic carbocycles. The van der Waals surface area contributed by atoms with E-state index in [1.807, 2.05) is 36.4 Å². The van der Waals surface area contributed by atoms with Crippen molar-refractivity contribution in [2.24, 2.45) is 0 Å². The number of rotatable bonds is 11. The Morgan fingerprint density at radius 2 is 1.67 bits per heavy atom. The molecule has 2 rings (SSSR count). The average Bonchev–Trinajstić information content (AvgIpc) is 2.63. The highest BCUT2D eigenvalue weighted by Gasteiger charge is 2.08. The predicted molar refractivity (Wildman–Crippen MR) is 98.2 cm³/mol. The van der Waals surface area contributed by atoms with Crippen molar-refractivity contribution in [3.63, 3.8) is 0 Å². The quantitative estimate of drug-likeness (QED) is 0.555. The molecular weight excluding hydrogens is 300 g/mol. The zero-order chi connectivity index (χ0) is 17.0. The van der Waals surface area contributed by atoms with Gasteiger partial charge in [-0.05, 0) is 37.6 Å². The van der Waals surface area contributed by atoms with Crippen LogP contribution in [0, 0.1) is 0 Å². The fraction of sp³-hybridized carbons (Fsp3) is 0.400. The van der Waals surface area contributed by atoms with E-state index in [-0.39, 0.29) is 0 Å². The number of hydrogen-bond acceptors (Lipinski definition) is 4. The summed E-state index contributed by atoms with van der Waals surface area (Å²) in [6.07, 6.45) is 0.504. The number of aliphatic hydroxyl groups is 1. The molecule has 0 aliphatic carbocycles. The SMILES string of the molecule is CC(CCNCc1ccccc1)NCC(O)COc1ccccc1. The topological polar surface area (TPSA) is 53.5 Å². The first-order chi connectivity index (χ1) is 11.7. The molecule has 2 aromatic rings. The summed E-state index contributed by atoms with van der Waals surface area (Å²) in [5.41, 5.74) is 1.30. The number of hydrogen-bond donors (Lipinski definition) is 3. The van der Waals surface area contributed by atoms with Gasteiger partial charge in [0, 0.05) is 19.1 Å². The Kier molecular flexibility index (Phi) is 8.32. The molecule has 0 heterocycles. The van der Waals surface area contributed by atoms with E-state index in [2.05, 4.69) is 41.8 Å². The van der Waals surface area contributed by atoms with E-state index < -0.39 is 6.10 Å². The maximum Gasteiger partial charge on any atom is 0.119 e. The van der Waals surface area contributed by atoms with Crippen LogP contribution < -0.4 is 15.4 Å². The fourth-order valence-corrected chi connectivity index (χ4v) is 2.35. The summed E-state index contributed by atoms with van der Waals surface area (Å²) in [4.78, 5) is 0. The molecule has 2 atom stereocenters. The van der Waals surface area contributed by atoms with Crippen LogP contribution in [0.3, 0.4) is 0 Å². The lowest BCUT2D eigenvalue weighted by atomic mass is 10.2. The van der Waals surface area contributed by atoms with Crippen molar-refractivity contribution in [2.75, 3.05) is 19.7 Å². The van der Waals surface area contributed by atoms with Gasteiger partial charge in [0.25, 0.3) is 0 Å². The molecule has 3 N–H and O–H groups in total. The first kappa shape index (κ1) is 18.5. The highest BCUT2D eigenvalue weighted by atomic mass is 16.5. The van der Waals surface area contributed by atoms with Crippen LogP contribution in [0.15, 0.2) is 60.7 Å². The van der Waals surface area contributed by atoms with E-state index in [9.17, 15) is 5.11 Å². The first-order valence-electron chi connectivity index (χ1n) is 8.58. The second-order valence-corrected chi connectivity index (χ2v) is 6.04. The van der Waals surface area contributed by atoms with E-state index in [0.29, 0.717) is 19.2 Å². The lowest BCUT2D eigenvalue weighted by Gasteiger charge is -2.18. The van der Waals surface area contributed by atoms with Crippen LogP contribution in [0.1, 0.15) is 18.9 Å². The number of benzene rings is 2. The summed E-state index contributed by atoms with van der Waals surface area (Å²) < 4.78 is 5.55. The van der Waals surface area contributed by atoms with Crippen LogP contribution in [0.5, 0.6) is 5.75 Å². The molecule has 0 aliphatic heterocycles. The Morgan fingerprint density at radius 1 is 1.00 bits per heavy atom. The fourth-order valence-electron chi connectivity index (χ4n) is 2.35. The lowest BCUT2D eigenvalue weighted by Crippen LogP contribution is -2.37. The van der Waals surface area contributed by atoms with Crippen molar-refractivity contribution in [1.29, 1.82) is 0 Å². The van der Waals surface area contributed by atoms with Gasteiger partial charge in [0.2, 0.25) is 0 Å². The lowest BCUT2D eigenvalue weighted by molar-refractivity contribution is 0.104. The molecule has 0 spiro atoms. The summed E-state index contributed by atoms with van der Waals surface area (Å²) >= 11 is 0. The van der Waals surface area contributed by atoms with Gasteiger partial charge in [-0.3, -0.25) is 0 Å². The monoisotopic (exact) mass is 328 g/mol. The summed E-state index contributed by atoms with van der Waals surface area (Å²) in [6, 6.07) is 20.3. The molecule has 24 heavy (non-hydrogen) atoms. The maximum atomic E-state index is 9.98. The van der Waals surface area contributed by atoms with Crippen LogP contribution in [-0.4, -0.2) is 36.9 Å². The molecule has 0 bridgehead atoms. The summed E-state index contributed by atoms with van der Waals surface area (Å²) in [5, 5.41) is 16.8. The Labute approximate surface area is 144 Å². The zero-order valence-electron chi connectivity index (χ0n) is 14.3. The van der Waals surface area contributed by atoms with Crippen molar-refractivity contribution in [3.05, 3.63) is 66.2 Å². The molecule has 0 aliphatic rings. The molecule has 0 fully saturated rings. The standard InChI is InChI=1S/C20H28N2O2/c1-17(12-13-21-14-18-8-4-2-5-9-18)22-15-19(23)16-24-20-10-6-3-7-11-20/h2-11,17,19,21-23H,12-16H2,1H3. The molecule has 0 saturated heterocycles. The zero-order valence-corrected chi connectivity index (χ0v) is 14.3. The third-order valence-corrected chi connectivity index (χ3v) is 3.81. The van der Waals surface area contributed by atoms with Crippen LogP contribution in [0.25, 0.3) is 0 Å². The van der Waals surface area contributed by atoms with E-state index >= 15 is 0 Å². The molecule has 0 radical (unpaired) electrons. The highest BCUT2D eigenvalue weighted by Crippen LogP contribution is 2.08. The predicted octanol–water partition coefficient (Wildman–Crippen LogP) is 2.58. The molecule has 2 unspecified atom stereocenters. The van der Waals surface area contributed by atoms with Gasteiger partial charge in [0.15, 0.2) is 0 Å². The highest BCUT2D eigenvalue weighted by molar-refractivity contribution is 5.20. The van der Waals surface area contributed by atoms with Crippen molar-refractivity contribution in [3.8, 4) is 5.75 Å². The minimum absolute atomic E-state index is 0.302. The molecule has 0 saturated carbocycles. The van der Waals surface area contributed by atoms with Crippen LogP contribution in [0.2, 0.25) is 0 Å². The molecule has 4 nitrogen and oxygen atoms in total. The summed E-state index contributed by atoms with van der Waals surface area (Å²) in [6.45, 7) is 4.80. The third-order valence-electron chi connectivity index (χ3n) is 3.81. The van der Waals surface area contributed by atoms with E-state index in [4.69, 9.17) is 4.74 Å². The minimum Gasteiger partial charge on any atom is -0.491 e. The second kappa shape index (κ2) is 10.8. The molecule has 130 valence electrons. The summed E-state index contributed by atoms with van der Waals surface area (Å²) in [7, 11) is 0. The third kappa shape index (κ3) is 7.59. The molecule has 4 heteroatoms. The summed E-state index contributed by atoms with van der Waals surface area (Å²) in [5.74, 6) is 0.787. The number of aliphatic hydroxyl groups excluding tert-OH is 1. The Bertz CT molecular complexity index is 548. The van der Waals surface area contributed by atoms with Crippen LogP contribution in [-0.2, 0) is 6.54 Å². The number of para-hydroxylation sites is 1. The molecular formula is C20H28N2O2. The van der Waals surface area contributed by atoms with Crippen molar-refractivity contribution < 1.29 is 9.84 Å². The van der Waals surface area contributed by atoms with Crippen molar-refractivity contribution in [2.45, 2.75) is 32.0 Å². The van der Waals surface area contributed by atoms with Gasteiger partial charge in [0.1, 0.15) is 18.5 Å². The Balaban J connectivity index is 1.51. The van der Waals surface area contributed by atoms with Crippen LogP contribution in [0.4, 0.5) is 0 Å². The largest absolute Gasteiger partial charge is 0.491 e. The van der Waals surface area contributed by atoms with Crippen LogP contribution >= 0.6 is 0 Å². The van der Waals surface area contributed by atoms with Crippen molar-refractivity contribution >= 4 is 0 Å². The van der Waals surface area contributed by atoms with E-state index in [1.165, 1.54) is 5.56 Å². The van der Waals surface area contributed by atoms with Crippen molar-refractivity contribution in [1.82, 2.24) is 10.6 Å². The smallest absolute Gasteiger partial charge is 0.119 e. The second-order valence-electron chi connectivity index (χ2n) is 6.04. The maximum absolute atomic E-state index is 9.98.